The minimum Gasteiger partial charge on any atom is -0.388 e. The van der Waals surface area contributed by atoms with Gasteiger partial charge in [0.25, 0.3) is 0 Å². The van der Waals surface area contributed by atoms with Crippen LogP contribution in [-0.4, -0.2) is 17.3 Å². The molecule has 0 aromatic carbocycles. The van der Waals surface area contributed by atoms with Gasteiger partial charge in [-0.3, -0.25) is 0 Å². The van der Waals surface area contributed by atoms with Crippen molar-refractivity contribution in [1.82, 2.24) is 0 Å². The third-order valence-corrected chi connectivity index (χ3v) is 1.96. The summed E-state index contributed by atoms with van der Waals surface area (Å²) in [6, 6.07) is 0.191. The molecule has 0 aromatic rings. The Morgan fingerprint density at radius 1 is 1.67 bits per heavy atom. The molecule has 2 nitrogen and oxygen atoms in total. The summed E-state index contributed by atoms with van der Waals surface area (Å²) in [7, 11) is 0. The van der Waals surface area contributed by atoms with Gasteiger partial charge in [0, 0.05) is 6.04 Å². The zero-order valence-electron chi connectivity index (χ0n) is 5.75. The average Bonchev–Trinajstić information content (AvgIpc) is 1.80. The lowest BCUT2D eigenvalue weighted by Crippen LogP contribution is -2.35. The highest BCUT2D eigenvalue weighted by atomic mass is 16.3. The first kappa shape index (κ1) is 6.90. The van der Waals surface area contributed by atoms with Crippen molar-refractivity contribution in [3.63, 3.8) is 0 Å². The van der Waals surface area contributed by atoms with Gasteiger partial charge in [0.1, 0.15) is 12.3 Å². The molecular formula is C7H14NO+. The molecule has 1 fully saturated rings. The number of hydrogen-bond acceptors (Lipinski definition) is 2. The number of hydrogen-bond donors (Lipinski definition) is 2. The number of aliphatic hydroxyl groups is 1. The molecule has 3 atom stereocenters. The summed E-state index contributed by atoms with van der Waals surface area (Å²) in [4.78, 5) is 0. The highest BCUT2D eigenvalue weighted by molar-refractivity contribution is 4.90. The van der Waals surface area contributed by atoms with Gasteiger partial charge >= 0.3 is 0 Å². The number of nitrogens with two attached hydrogens (primary N) is 1. The van der Waals surface area contributed by atoms with Gasteiger partial charge < -0.3 is 10.8 Å². The van der Waals surface area contributed by atoms with E-state index >= 15 is 0 Å². The maximum Gasteiger partial charge on any atom is 0.121 e. The van der Waals surface area contributed by atoms with Gasteiger partial charge in [-0.2, -0.15) is 0 Å². The van der Waals surface area contributed by atoms with Crippen molar-refractivity contribution in [1.29, 1.82) is 0 Å². The Morgan fingerprint density at radius 2 is 2.33 bits per heavy atom. The van der Waals surface area contributed by atoms with Crippen molar-refractivity contribution in [2.75, 3.05) is 0 Å². The van der Waals surface area contributed by atoms with Crippen molar-refractivity contribution in [3.8, 4) is 0 Å². The molecule has 1 aliphatic rings. The van der Waals surface area contributed by atoms with Crippen LogP contribution in [0.1, 0.15) is 19.8 Å². The second kappa shape index (κ2) is 2.58. The Labute approximate surface area is 56.1 Å². The topological polar surface area (TPSA) is 46.2 Å². The molecule has 0 radical (unpaired) electrons. The van der Waals surface area contributed by atoms with Gasteiger partial charge in [-0.15, -0.1) is 0 Å². The second-order valence-corrected chi connectivity index (χ2v) is 2.89. The molecule has 3 N–H and O–H groups in total. The normalized spacial score (nSPS) is 44.1. The van der Waals surface area contributed by atoms with Crippen LogP contribution >= 0.6 is 0 Å². The largest absolute Gasteiger partial charge is 0.388 e. The molecule has 1 saturated carbocycles. The molecule has 2 heteroatoms. The minimum atomic E-state index is -0.200. The first-order valence-electron chi connectivity index (χ1n) is 3.47. The van der Waals surface area contributed by atoms with E-state index in [-0.39, 0.29) is 12.1 Å². The first-order chi connectivity index (χ1) is 4.20. The molecule has 0 amide bonds. The zero-order valence-corrected chi connectivity index (χ0v) is 5.75. The molecule has 52 valence electrons. The van der Waals surface area contributed by atoms with Gasteiger partial charge in [-0.1, -0.05) is 0 Å². The molecule has 0 unspecified atom stereocenters. The third kappa shape index (κ3) is 1.60. The second-order valence-electron chi connectivity index (χ2n) is 2.89. The van der Waals surface area contributed by atoms with Crippen molar-refractivity contribution in [2.24, 2.45) is 11.7 Å². The Balaban J connectivity index is 2.35. The minimum absolute atomic E-state index is 0.191. The summed E-state index contributed by atoms with van der Waals surface area (Å²) in [5.74, 6) is 0.338. The summed E-state index contributed by atoms with van der Waals surface area (Å²) in [6.07, 6.45) is 3.61. The molecule has 0 heterocycles. The summed E-state index contributed by atoms with van der Waals surface area (Å²) in [5.41, 5.74) is 5.60. The lowest BCUT2D eigenvalue weighted by atomic mass is 9.85. The molecule has 1 rings (SSSR count). The molecule has 0 aromatic heterocycles. The smallest absolute Gasteiger partial charge is 0.121 e. The van der Waals surface area contributed by atoms with Crippen LogP contribution in [0.3, 0.4) is 0 Å². The number of rotatable bonds is 0. The SMILES string of the molecule is C[C@@H]1[CH+]C[C@@H](N)C[C@H]1O. The Kier molecular flexibility index (Phi) is 1.98. The van der Waals surface area contributed by atoms with E-state index in [0.717, 1.165) is 12.8 Å². The van der Waals surface area contributed by atoms with E-state index in [1.54, 1.807) is 0 Å². The van der Waals surface area contributed by atoms with Crippen molar-refractivity contribution < 1.29 is 5.11 Å². The predicted octanol–water partition coefficient (Wildman–Crippen LogP) is 0.309. The maximum absolute atomic E-state index is 9.24. The fourth-order valence-electron chi connectivity index (χ4n) is 1.17. The van der Waals surface area contributed by atoms with E-state index in [4.69, 9.17) is 5.73 Å². The fraction of sp³-hybridized carbons (Fsp3) is 0.857. The Bertz CT molecular complexity index is 94.9. The monoisotopic (exact) mass is 128 g/mol. The van der Waals surface area contributed by atoms with Crippen LogP contribution in [0.5, 0.6) is 0 Å². The van der Waals surface area contributed by atoms with E-state index in [1.165, 1.54) is 0 Å². The quantitative estimate of drug-likeness (QED) is 0.461. The van der Waals surface area contributed by atoms with Gasteiger partial charge in [0.05, 0.1) is 12.5 Å². The van der Waals surface area contributed by atoms with Crippen LogP contribution in [0.2, 0.25) is 0 Å². The fourth-order valence-corrected chi connectivity index (χ4v) is 1.17. The molecular weight excluding hydrogens is 114 g/mol. The zero-order chi connectivity index (χ0) is 6.85. The summed E-state index contributed by atoms with van der Waals surface area (Å²) in [5, 5.41) is 9.24. The van der Waals surface area contributed by atoms with Gasteiger partial charge in [-0.25, -0.2) is 0 Å². The Hall–Kier alpha value is -0.210. The van der Waals surface area contributed by atoms with Crippen LogP contribution in [0, 0.1) is 12.3 Å². The third-order valence-electron chi connectivity index (χ3n) is 1.96. The van der Waals surface area contributed by atoms with E-state index in [9.17, 15) is 5.11 Å². The molecule has 1 aliphatic carbocycles. The summed E-state index contributed by atoms with van der Waals surface area (Å²) >= 11 is 0. The van der Waals surface area contributed by atoms with Crippen LogP contribution in [-0.2, 0) is 0 Å². The van der Waals surface area contributed by atoms with Crippen LogP contribution in [0.15, 0.2) is 0 Å². The van der Waals surface area contributed by atoms with Gasteiger partial charge in [0.2, 0.25) is 0 Å². The van der Waals surface area contributed by atoms with Crippen LogP contribution < -0.4 is 5.73 Å². The highest BCUT2D eigenvalue weighted by Gasteiger charge is 2.30. The van der Waals surface area contributed by atoms with Crippen molar-refractivity contribution in [2.45, 2.75) is 31.9 Å². The summed E-state index contributed by atoms with van der Waals surface area (Å²) < 4.78 is 0. The lowest BCUT2D eigenvalue weighted by Gasteiger charge is -2.21. The molecule has 0 saturated heterocycles. The van der Waals surface area contributed by atoms with Gasteiger partial charge in [-0.05, 0) is 13.3 Å². The Morgan fingerprint density at radius 3 is 2.78 bits per heavy atom. The van der Waals surface area contributed by atoms with Gasteiger partial charge in [0.15, 0.2) is 0 Å². The molecule has 0 aliphatic heterocycles. The maximum atomic E-state index is 9.24. The van der Waals surface area contributed by atoms with Crippen LogP contribution in [0.4, 0.5) is 0 Å². The molecule has 9 heavy (non-hydrogen) atoms. The highest BCUT2D eigenvalue weighted by Crippen LogP contribution is 2.21. The van der Waals surface area contributed by atoms with Crippen LogP contribution in [0.25, 0.3) is 0 Å². The van der Waals surface area contributed by atoms with E-state index in [2.05, 4.69) is 6.42 Å². The van der Waals surface area contributed by atoms with E-state index in [0.29, 0.717) is 5.92 Å². The standard InChI is InChI=1S/C7H14NO/c1-5-2-3-6(8)4-7(5)9/h2,5-7,9H,3-4,8H2,1H3/q+1/t5-,6-,7-/m1/s1. The molecule has 0 bridgehead atoms. The van der Waals surface area contributed by atoms with E-state index in [1.807, 2.05) is 6.92 Å². The number of aliphatic hydroxyl groups excluding tert-OH is 1. The summed E-state index contributed by atoms with van der Waals surface area (Å²) in [6.45, 7) is 2.02. The van der Waals surface area contributed by atoms with Crippen molar-refractivity contribution in [3.05, 3.63) is 6.42 Å². The predicted molar refractivity (Wildman–Crippen MR) is 36.7 cm³/mol. The van der Waals surface area contributed by atoms with E-state index < -0.39 is 0 Å². The average molecular weight is 128 g/mol. The lowest BCUT2D eigenvalue weighted by molar-refractivity contribution is 0.0956. The van der Waals surface area contributed by atoms with Crippen molar-refractivity contribution >= 4 is 0 Å². The molecule has 0 spiro atoms. The first-order valence-corrected chi connectivity index (χ1v) is 3.47.